The maximum Gasteiger partial charge on any atom is 0.414 e. The van der Waals surface area contributed by atoms with Gasteiger partial charge in [0.2, 0.25) is 0 Å². The molecule has 1 aromatic rings. The molecule has 0 bridgehead atoms. The molecule has 2 aliphatic rings. The Balaban J connectivity index is 0.000000409. The van der Waals surface area contributed by atoms with Crippen LogP contribution in [0.15, 0.2) is 24.3 Å². The number of carboxylic acid groups (broad SMARTS) is 2. The number of benzene rings is 1. The number of hydrogen-bond donors (Lipinski definition) is 2. The second-order valence-electron chi connectivity index (χ2n) is 7.14. The van der Waals surface area contributed by atoms with Gasteiger partial charge < -0.3 is 15.1 Å². The average Bonchev–Trinajstić information content (AvgIpc) is 2.70. The number of likely N-dealkylation sites (tertiary alicyclic amines) is 2. The van der Waals surface area contributed by atoms with Crippen molar-refractivity contribution < 1.29 is 24.7 Å². The van der Waals surface area contributed by atoms with Crippen molar-refractivity contribution in [2.45, 2.75) is 44.7 Å². The largest absolute Gasteiger partial charge is 0.473 e. The monoisotopic (exact) mass is 393 g/mol. The lowest BCUT2D eigenvalue weighted by atomic mass is 9.99. The van der Waals surface area contributed by atoms with Crippen molar-refractivity contribution >= 4 is 17.6 Å². The highest BCUT2D eigenvalue weighted by Gasteiger charge is 2.25. The highest BCUT2D eigenvalue weighted by atomic mass is 16.6. The number of rotatable bonds is 4. The lowest BCUT2D eigenvalue weighted by Crippen LogP contribution is -2.46. The summed E-state index contributed by atoms with van der Waals surface area (Å²) < 4.78 is 0. The van der Waals surface area contributed by atoms with E-state index in [1.54, 1.807) is 12.1 Å². The standard InChI is InChI=1S/C17H25N3O2.C2H2O4/c21-20(22)17-6-4-15(5-7-17)14-18-12-8-16(9-13-18)19-10-2-1-3-11-19;3-1(4)2(5)6/h4-7,16H,1-3,8-14H2;(H,3,4)(H,5,6). The number of nitrogens with zero attached hydrogens (tertiary/aromatic N) is 3. The number of carboxylic acids is 2. The summed E-state index contributed by atoms with van der Waals surface area (Å²) in [4.78, 5) is 33.7. The molecule has 0 atom stereocenters. The van der Waals surface area contributed by atoms with Gasteiger partial charge in [-0.3, -0.25) is 15.0 Å². The molecule has 2 N–H and O–H groups in total. The van der Waals surface area contributed by atoms with Crippen molar-refractivity contribution in [2.75, 3.05) is 26.2 Å². The first kappa shape index (κ1) is 21.8. The molecule has 154 valence electrons. The molecule has 1 aromatic carbocycles. The highest BCUT2D eigenvalue weighted by molar-refractivity contribution is 6.27. The fourth-order valence-corrected chi connectivity index (χ4v) is 3.71. The van der Waals surface area contributed by atoms with Gasteiger partial charge in [-0.2, -0.15) is 0 Å². The molecule has 9 nitrogen and oxygen atoms in total. The zero-order valence-electron chi connectivity index (χ0n) is 15.8. The summed E-state index contributed by atoms with van der Waals surface area (Å²) in [6.45, 7) is 5.75. The van der Waals surface area contributed by atoms with Crippen LogP contribution in [0.2, 0.25) is 0 Å². The van der Waals surface area contributed by atoms with E-state index in [1.807, 2.05) is 12.1 Å². The van der Waals surface area contributed by atoms with Crippen LogP contribution in [-0.4, -0.2) is 69.1 Å². The molecule has 2 aliphatic heterocycles. The Bertz CT molecular complexity index is 653. The fourth-order valence-electron chi connectivity index (χ4n) is 3.71. The number of nitro benzene ring substituents is 1. The van der Waals surface area contributed by atoms with E-state index in [9.17, 15) is 10.1 Å². The van der Waals surface area contributed by atoms with Gasteiger partial charge in [0.1, 0.15) is 0 Å². The summed E-state index contributed by atoms with van der Waals surface area (Å²) in [6, 6.07) is 7.75. The van der Waals surface area contributed by atoms with Crippen molar-refractivity contribution in [3.05, 3.63) is 39.9 Å². The quantitative estimate of drug-likeness (QED) is 0.453. The van der Waals surface area contributed by atoms with Gasteiger partial charge in [0, 0.05) is 24.7 Å². The first-order chi connectivity index (χ1) is 13.4. The van der Waals surface area contributed by atoms with E-state index < -0.39 is 11.9 Å². The lowest BCUT2D eigenvalue weighted by Gasteiger charge is -2.40. The normalized spacial score (nSPS) is 18.7. The topological polar surface area (TPSA) is 124 Å². The molecule has 2 heterocycles. The van der Waals surface area contributed by atoms with E-state index in [2.05, 4.69) is 9.80 Å². The van der Waals surface area contributed by atoms with Crippen LogP contribution >= 0.6 is 0 Å². The smallest absolute Gasteiger partial charge is 0.414 e. The molecule has 0 amide bonds. The minimum atomic E-state index is -1.82. The molecule has 0 aliphatic carbocycles. The van der Waals surface area contributed by atoms with E-state index in [0.717, 1.165) is 25.7 Å². The number of piperidine rings is 2. The molecule has 0 spiro atoms. The summed E-state index contributed by atoms with van der Waals surface area (Å²) in [6.07, 6.45) is 6.64. The second-order valence-corrected chi connectivity index (χ2v) is 7.14. The van der Waals surface area contributed by atoms with Crippen LogP contribution < -0.4 is 0 Å². The predicted molar refractivity (Wildman–Crippen MR) is 102 cm³/mol. The maximum atomic E-state index is 10.7. The van der Waals surface area contributed by atoms with Crippen LogP contribution in [0.25, 0.3) is 0 Å². The molecule has 0 radical (unpaired) electrons. The first-order valence-corrected chi connectivity index (χ1v) is 9.52. The summed E-state index contributed by atoms with van der Waals surface area (Å²) in [7, 11) is 0. The third-order valence-corrected chi connectivity index (χ3v) is 5.20. The van der Waals surface area contributed by atoms with Crippen molar-refractivity contribution in [1.29, 1.82) is 0 Å². The van der Waals surface area contributed by atoms with Crippen LogP contribution in [0, 0.1) is 10.1 Å². The lowest BCUT2D eigenvalue weighted by molar-refractivity contribution is -0.384. The minimum absolute atomic E-state index is 0.174. The molecule has 2 fully saturated rings. The van der Waals surface area contributed by atoms with Crippen molar-refractivity contribution in [2.24, 2.45) is 0 Å². The number of carbonyl (C=O) groups is 2. The molecule has 3 rings (SSSR count). The van der Waals surface area contributed by atoms with Crippen molar-refractivity contribution in [1.82, 2.24) is 9.80 Å². The Morgan fingerprint density at radius 1 is 0.964 bits per heavy atom. The van der Waals surface area contributed by atoms with E-state index in [0.29, 0.717) is 0 Å². The fraction of sp³-hybridized carbons (Fsp3) is 0.579. The van der Waals surface area contributed by atoms with Gasteiger partial charge >= 0.3 is 11.9 Å². The number of non-ortho nitro benzene ring substituents is 1. The summed E-state index contributed by atoms with van der Waals surface area (Å²) in [5.41, 5.74) is 1.34. The van der Waals surface area contributed by atoms with Crippen LogP contribution in [0.1, 0.15) is 37.7 Å². The van der Waals surface area contributed by atoms with Gasteiger partial charge in [0.25, 0.3) is 5.69 Å². The molecule has 28 heavy (non-hydrogen) atoms. The Morgan fingerprint density at radius 2 is 1.50 bits per heavy atom. The third-order valence-electron chi connectivity index (χ3n) is 5.20. The highest BCUT2D eigenvalue weighted by Crippen LogP contribution is 2.22. The van der Waals surface area contributed by atoms with Crippen LogP contribution in [0.3, 0.4) is 0 Å². The minimum Gasteiger partial charge on any atom is -0.473 e. The summed E-state index contributed by atoms with van der Waals surface area (Å²) >= 11 is 0. The molecular weight excluding hydrogens is 366 g/mol. The van der Waals surface area contributed by atoms with E-state index in [1.165, 1.54) is 50.8 Å². The number of nitro groups is 1. The van der Waals surface area contributed by atoms with Gasteiger partial charge in [-0.05, 0) is 57.4 Å². The van der Waals surface area contributed by atoms with E-state index in [-0.39, 0.29) is 10.6 Å². The van der Waals surface area contributed by atoms with Gasteiger partial charge in [0.15, 0.2) is 0 Å². The zero-order valence-corrected chi connectivity index (χ0v) is 15.8. The number of aliphatic carboxylic acids is 2. The average molecular weight is 393 g/mol. The molecule has 0 unspecified atom stereocenters. The summed E-state index contributed by atoms with van der Waals surface area (Å²) in [5.74, 6) is -3.65. The molecule has 9 heteroatoms. The third kappa shape index (κ3) is 6.90. The van der Waals surface area contributed by atoms with Crippen molar-refractivity contribution in [3.63, 3.8) is 0 Å². The first-order valence-electron chi connectivity index (χ1n) is 9.52. The maximum absolute atomic E-state index is 10.7. The predicted octanol–water partition coefficient (Wildman–Crippen LogP) is 2.20. The Kier molecular flexibility index (Phi) is 8.34. The SMILES string of the molecule is O=C(O)C(=O)O.O=[N+]([O-])c1ccc(CN2CCC(N3CCCCC3)CC2)cc1. The Morgan fingerprint density at radius 3 is 1.96 bits per heavy atom. The molecular formula is C19H27N3O6. The van der Waals surface area contributed by atoms with Gasteiger partial charge in [0.05, 0.1) is 4.92 Å². The Labute approximate surface area is 163 Å². The summed E-state index contributed by atoms with van der Waals surface area (Å²) in [5, 5.41) is 25.5. The molecule has 0 aromatic heterocycles. The van der Waals surface area contributed by atoms with Crippen LogP contribution in [-0.2, 0) is 16.1 Å². The van der Waals surface area contributed by atoms with E-state index in [4.69, 9.17) is 19.8 Å². The van der Waals surface area contributed by atoms with Crippen molar-refractivity contribution in [3.8, 4) is 0 Å². The van der Waals surface area contributed by atoms with Crippen LogP contribution in [0.5, 0.6) is 0 Å². The van der Waals surface area contributed by atoms with Gasteiger partial charge in [-0.25, -0.2) is 9.59 Å². The van der Waals surface area contributed by atoms with Gasteiger partial charge in [-0.15, -0.1) is 0 Å². The number of hydrogen-bond acceptors (Lipinski definition) is 6. The van der Waals surface area contributed by atoms with E-state index >= 15 is 0 Å². The zero-order chi connectivity index (χ0) is 20.5. The second kappa shape index (κ2) is 10.7. The molecule has 2 saturated heterocycles. The van der Waals surface area contributed by atoms with Gasteiger partial charge in [-0.1, -0.05) is 18.6 Å². The van der Waals surface area contributed by atoms with Crippen LogP contribution in [0.4, 0.5) is 5.69 Å². The Hall–Kier alpha value is -2.52. The molecule has 0 saturated carbocycles.